The third kappa shape index (κ3) is 2.97. The van der Waals surface area contributed by atoms with Crippen LogP contribution in [0.25, 0.3) is 0 Å². The second-order valence-electron chi connectivity index (χ2n) is 5.16. The second-order valence-corrected chi connectivity index (χ2v) is 5.16. The van der Waals surface area contributed by atoms with Crippen LogP contribution in [0.1, 0.15) is 33.6 Å². The van der Waals surface area contributed by atoms with E-state index in [0.29, 0.717) is 24.9 Å². The highest BCUT2D eigenvalue weighted by Crippen LogP contribution is 2.28. The molecule has 0 aromatic rings. The number of hydrogen-bond acceptors (Lipinski definition) is 3. The van der Waals surface area contributed by atoms with Gasteiger partial charge in [0.05, 0.1) is 12.1 Å². The topological polar surface area (TPSA) is 65.4 Å². The fraction of sp³-hybridized carbons (Fsp3) is 0.833. The van der Waals surface area contributed by atoms with Crippen molar-refractivity contribution < 1.29 is 9.53 Å². The van der Waals surface area contributed by atoms with E-state index >= 15 is 0 Å². The fourth-order valence-electron chi connectivity index (χ4n) is 2.03. The molecule has 1 rings (SSSR count). The Hall–Kier alpha value is -1.10. The maximum Gasteiger partial charge on any atom is 0.323 e. The molecule has 1 fully saturated rings. The zero-order valence-corrected chi connectivity index (χ0v) is 11.2. The van der Waals surface area contributed by atoms with Crippen molar-refractivity contribution in [2.24, 2.45) is 5.92 Å². The maximum atomic E-state index is 11.8. The second kappa shape index (κ2) is 5.49. The summed E-state index contributed by atoms with van der Waals surface area (Å²) in [5.74, 6) is 0.874. The van der Waals surface area contributed by atoms with Crippen molar-refractivity contribution in [2.75, 3.05) is 20.3 Å². The Morgan fingerprint density at radius 1 is 1.53 bits per heavy atom. The molecule has 0 bridgehead atoms. The van der Waals surface area contributed by atoms with Crippen LogP contribution in [0.3, 0.4) is 0 Å². The molecule has 1 unspecified atom stereocenters. The molecule has 0 aromatic carbocycles. The molecule has 0 saturated carbocycles. The normalized spacial score (nSPS) is 24.6. The molecule has 17 heavy (non-hydrogen) atoms. The van der Waals surface area contributed by atoms with Gasteiger partial charge in [-0.25, -0.2) is 4.79 Å². The van der Waals surface area contributed by atoms with Crippen LogP contribution in [-0.2, 0) is 4.74 Å². The van der Waals surface area contributed by atoms with Gasteiger partial charge >= 0.3 is 6.03 Å². The summed E-state index contributed by atoms with van der Waals surface area (Å²) in [5, 5.41) is 10.5. The minimum atomic E-state index is -0.500. The van der Waals surface area contributed by atoms with Crippen LogP contribution in [0.4, 0.5) is 4.79 Å². The quantitative estimate of drug-likeness (QED) is 0.745. The Morgan fingerprint density at radius 2 is 2.18 bits per heavy atom. The number of methoxy groups -OCH3 is 1. The van der Waals surface area contributed by atoms with E-state index in [1.54, 1.807) is 12.0 Å². The summed E-state index contributed by atoms with van der Waals surface area (Å²) in [6.07, 6.45) is 1.81. The van der Waals surface area contributed by atoms with Gasteiger partial charge in [0.15, 0.2) is 0 Å². The summed E-state index contributed by atoms with van der Waals surface area (Å²) in [7, 11) is 1.62. The van der Waals surface area contributed by atoms with E-state index in [4.69, 9.17) is 10.1 Å². The summed E-state index contributed by atoms with van der Waals surface area (Å²) in [6.45, 7) is 7.27. The van der Waals surface area contributed by atoms with Crippen molar-refractivity contribution >= 4 is 11.9 Å². The highest BCUT2D eigenvalue weighted by atomic mass is 16.5. The predicted molar refractivity (Wildman–Crippen MR) is 67.3 cm³/mol. The average molecular weight is 241 g/mol. The highest BCUT2D eigenvalue weighted by Gasteiger charge is 2.45. The zero-order valence-electron chi connectivity index (χ0n) is 11.2. The van der Waals surface area contributed by atoms with E-state index < -0.39 is 5.54 Å². The first kappa shape index (κ1) is 14.0. The van der Waals surface area contributed by atoms with Crippen molar-refractivity contribution in [3.63, 3.8) is 0 Å². The summed E-state index contributed by atoms with van der Waals surface area (Å²) in [4.78, 5) is 13.5. The first-order chi connectivity index (χ1) is 7.91. The van der Waals surface area contributed by atoms with Gasteiger partial charge in [-0.15, -0.1) is 0 Å². The minimum Gasteiger partial charge on any atom is -0.383 e. The average Bonchev–Trinajstić information content (AvgIpc) is 2.46. The maximum absolute atomic E-state index is 11.8. The lowest BCUT2D eigenvalue weighted by Gasteiger charge is -2.33. The first-order valence-corrected chi connectivity index (χ1v) is 6.08. The standard InChI is InChI=1S/C12H23N3O2/c1-9(2)5-6-12(3)10(13)14-11(16)15(12)7-8-17-4/h9H,5-8H2,1-4H3,(H2,13,14,16). The number of nitrogens with one attached hydrogen (secondary N) is 2. The van der Waals surface area contributed by atoms with Gasteiger partial charge in [-0.1, -0.05) is 13.8 Å². The van der Waals surface area contributed by atoms with Gasteiger partial charge in [0.2, 0.25) is 0 Å². The number of nitrogens with zero attached hydrogens (tertiary/aromatic N) is 1. The van der Waals surface area contributed by atoms with E-state index in [2.05, 4.69) is 19.2 Å². The van der Waals surface area contributed by atoms with Crippen molar-refractivity contribution in [2.45, 2.75) is 39.2 Å². The smallest absolute Gasteiger partial charge is 0.323 e. The van der Waals surface area contributed by atoms with Gasteiger partial charge in [-0.2, -0.15) is 0 Å². The number of amides is 2. The fourth-order valence-corrected chi connectivity index (χ4v) is 2.03. The van der Waals surface area contributed by atoms with E-state index in [9.17, 15) is 4.79 Å². The van der Waals surface area contributed by atoms with Crippen molar-refractivity contribution in [3.8, 4) is 0 Å². The Morgan fingerprint density at radius 3 is 2.71 bits per heavy atom. The summed E-state index contributed by atoms with van der Waals surface area (Å²) in [5.41, 5.74) is -0.500. The molecule has 5 heteroatoms. The molecule has 0 aliphatic carbocycles. The summed E-state index contributed by atoms with van der Waals surface area (Å²) >= 11 is 0. The van der Waals surface area contributed by atoms with E-state index in [1.807, 2.05) is 6.92 Å². The molecule has 0 aromatic heterocycles. The molecular weight excluding hydrogens is 218 g/mol. The molecular formula is C12H23N3O2. The minimum absolute atomic E-state index is 0.182. The van der Waals surface area contributed by atoms with Crippen LogP contribution in [-0.4, -0.2) is 42.6 Å². The van der Waals surface area contributed by atoms with Gasteiger partial charge in [-0.05, 0) is 25.7 Å². The number of ether oxygens (including phenoxy) is 1. The van der Waals surface area contributed by atoms with Crippen LogP contribution >= 0.6 is 0 Å². The number of amidine groups is 1. The molecule has 2 amide bonds. The highest BCUT2D eigenvalue weighted by molar-refractivity contribution is 6.08. The van der Waals surface area contributed by atoms with Crippen molar-refractivity contribution in [3.05, 3.63) is 0 Å². The summed E-state index contributed by atoms with van der Waals surface area (Å²) in [6, 6.07) is -0.182. The molecule has 1 saturated heterocycles. The zero-order chi connectivity index (χ0) is 13.1. The molecule has 1 heterocycles. The molecule has 5 nitrogen and oxygen atoms in total. The predicted octanol–water partition coefficient (Wildman–Crippen LogP) is 1.83. The van der Waals surface area contributed by atoms with Crippen LogP contribution in [0.2, 0.25) is 0 Å². The van der Waals surface area contributed by atoms with Crippen molar-refractivity contribution in [1.82, 2.24) is 10.2 Å². The van der Waals surface area contributed by atoms with Gasteiger partial charge in [0.25, 0.3) is 0 Å². The Balaban J connectivity index is 2.75. The molecule has 1 aliphatic rings. The Labute approximate surface area is 103 Å². The largest absolute Gasteiger partial charge is 0.383 e. The van der Waals surface area contributed by atoms with E-state index in [-0.39, 0.29) is 6.03 Å². The molecule has 2 N–H and O–H groups in total. The lowest BCUT2D eigenvalue weighted by atomic mass is 9.90. The summed E-state index contributed by atoms with van der Waals surface area (Å²) < 4.78 is 5.01. The van der Waals surface area contributed by atoms with E-state index in [1.165, 1.54) is 0 Å². The van der Waals surface area contributed by atoms with Crippen LogP contribution in [0.5, 0.6) is 0 Å². The van der Waals surface area contributed by atoms with Crippen LogP contribution in [0.15, 0.2) is 0 Å². The molecule has 1 atom stereocenters. The van der Waals surface area contributed by atoms with Gasteiger partial charge in [0, 0.05) is 13.7 Å². The van der Waals surface area contributed by atoms with Crippen molar-refractivity contribution in [1.29, 1.82) is 5.41 Å². The van der Waals surface area contributed by atoms with Crippen LogP contribution in [0, 0.1) is 11.3 Å². The lowest BCUT2D eigenvalue weighted by molar-refractivity contribution is 0.124. The molecule has 0 radical (unpaired) electrons. The Bertz CT molecular complexity index is 304. The number of urea groups is 1. The van der Waals surface area contributed by atoms with E-state index in [0.717, 1.165) is 12.8 Å². The van der Waals surface area contributed by atoms with Gasteiger partial charge < -0.3 is 9.64 Å². The van der Waals surface area contributed by atoms with Gasteiger partial charge in [-0.3, -0.25) is 10.7 Å². The number of carbonyl (C=O) groups is 1. The SMILES string of the molecule is COCCN1C(=O)NC(=N)C1(C)CCC(C)C. The van der Waals surface area contributed by atoms with Gasteiger partial charge in [0.1, 0.15) is 5.84 Å². The lowest BCUT2D eigenvalue weighted by Crippen LogP contribution is -2.48. The molecule has 1 aliphatic heterocycles. The third-order valence-corrected chi connectivity index (χ3v) is 3.34. The number of carbonyl (C=O) groups excluding carboxylic acids is 1. The molecule has 0 spiro atoms. The third-order valence-electron chi connectivity index (χ3n) is 3.34. The number of hydrogen-bond donors (Lipinski definition) is 2. The number of rotatable bonds is 6. The molecule has 98 valence electrons. The monoisotopic (exact) mass is 241 g/mol. The Kier molecular flexibility index (Phi) is 4.51. The van der Waals surface area contributed by atoms with Crippen LogP contribution < -0.4 is 5.32 Å². The first-order valence-electron chi connectivity index (χ1n) is 6.08.